The maximum absolute atomic E-state index is 13.1. The van der Waals surface area contributed by atoms with Gasteiger partial charge in [0, 0.05) is 5.56 Å². The Morgan fingerprint density at radius 2 is 1.84 bits per heavy atom. The van der Waals surface area contributed by atoms with Crippen molar-refractivity contribution in [2.45, 2.75) is 6.92 Å². The van der Waals surface area contributed by atoms with E-state index in [0.29, 0.717) is 11.1 Å². The summed E-state index contributed by atoms with van der Waals surface area (Å²) in [5.74, 6) is 0.0608. The summed E-state index contributed by atoms with van der Waals surface area (Å²) in [6, 6.07) is 13.5. The summed E-state index contributed by atoms with van der Waals surface area (Å²) in [5, 5.41) is 0.938. The molecule has 19 heavy (non-hydrogen) atoms. The number of aryl methyl sites for hydroxylation is 1. The molecule has 3 aromatic rings. The van der Waals surface area contributed by atoms with Crippen molar-refractivity contribution in [2.24, 2.45) is 0 Å². The predicted octanol–water partition coefficient (Wildman–Crippen LogP) is 3.91. The first-order valence-corrected chi connectivity index (χ1v) is 5.94. The van der Waals surface area contributed by atoms with Crippen molar-refractivity contribution in [1.82, 2.24) is 0 Å². The van der Waals surface area contributed by atoms with Gasteiger partial charge >= 0.3 is 5.63 Å². The van der Waals surface area contributed by atoms with Crippen molar-refractivity contribution in [3.63, 3.8) is 0 Å². The molecule has 3 rings (SSSR count). The van der Waals surface area contributed by atoms with Gasteiger partial charge in [-0.25, -0.2) is 9.18 Å². The van der Waals surface area contributed by atoms with Crippen molar-refractivity contribution >= 4 is 10.8 Å². The molecular formula is C16H11FO2. The van der Waals surface area contributed by atoms with Crippen LogP contribution in [0.15, 0.2) is 57.7 Å². The Morgan fingerprint density at radius 3 is 2.63 bits per heavy atom. The first-order chi connectivity index (χ1) is 9.15. The predicted molar refractivity (Wildman–Crippen MR) is 72.6 cm³/mol. The normalized spacial score (nSPS) is 10.8. The number of fused-ring (bicyclic) bond motifs is 1. The molecule has 3 heteroatoms. The molecule has 0 N–H and O–H groups in total. The van der Waals surface area contributed by atoms with E-state index in [1.165, 1.54) is 12.1 Å². The summed E-state index contributed by atoms with van der Waals surface area (Å²) in [6.45, 7) is 1.95. The second-order valence-corrected chi connectivity index (χ2v) is 4.44. The second kappa shape index (κ2) is 4.35. The van der Waals surface area contributed by atoms with Crippen molar-refractivity contribution in [1.29, 1.82) is 0 Å². The van der Waals surface area contributed by atoms with Crippen LogP contribution in [0.3, 0.4) is 0 Å². The van der Waals surface area contributed by atoms with E-state index in [1.807, 2.05) is 31.2 Å². The summed E-state index contributed by atoms with van der Waals surface area (Å²) in [5.41, 5.74) is 1.37. The minimum Gasteiger partial charge on any atom is -0.422 e. The van der Waals surface area contributed by atoms with E-state index in [0.717, 1.165) is 11.1 Å². The fourth-order valence-electron chi connectivity index (χ4n) is 2.14. The molecule has 2 aromatic carbocycles. The lowest BCUT2D eigenvalue weighted by molar-refractivity contribution is 0.533. The minimum atomic E-state index is -0.518. The third-order valence-electron chi connectivity index (χ3n) is 3.14. The van der Waals surface area contributed by atoms with Crippen LogP contribution < -0.4 is 5.63 Å². The van der Waals surface area contributed by atoms with E-state index < -0.39 is 11.4 Å². The van der Waals surface area contributed by atoms with E-state index in [4.69, 9.17) is 4.42 Å². The Labute approximate surface area is 109 Å². The molecule has 0 unspecified atom stereocenters. The third kappa shape index (κ3) is 2.03. The average Bonchev–Trinajstić information content (AvgIpc) is 2.40. The molecule has 0 saturated carbocycles. The van der Waals surface area contributed by atoms with Gasteiger partial charge in [0.05, 0.1) is 5.39 Å². The Bertz CT molecular complexity index is 818. The Hall–Kier alpha value is -2.42. The highest BCUT2D eigenvalue weighted by Gasteiger charge is 2.09. The molecule has 0 spiro atoms. The smallest absolute Gasteiger partial charge is 0.344 e. The van der Waals surface area contributed by atoms with Gasteiger partial charge in [-0.3, -0.25) is 0 Å². The van der Waals surface area contributed by atoms with Crippen LogP contribution in [0, 0.1) is 12.7 Å². The van der Waals surface area contributed by atoms with Gasteiger partial charge in [0.15, 0.2) is 0 Å². The molecule has 0 bridgehead atoms. The number of hydrogen-bond acceptors (Lipinski definition) is 2. The van der Waals surface area contributed by atoms with Gasteiger partial charge in [0.2, 0.25) is 0 Å². The standard InChI is InChI=1S/C16H11FO2/c1-10-4-2-3-5-13(10)15-8-11-6-7-12(17)9-14(11)16(18)19-15/h2-9H,1H3. The van der Waals surface area contributed by atoms with E-state index in [9.17, 15) is 9.18 Å². The largest absolute Gasteiger partial charge is 0.422 e. The van der Waals surface area contributed by atoms with Crippen LogP contribution in [0.4, 0.5) is 4.39 Å². The van der Waals surface area contributed by atoms with E-state index in [1.54, 1.807) is 12.1 Å². The van der Waals surface area contributed by atoms with Crippen LogP contribution in [0.25, 0.3) is 22.1 Å². The summed E-state index contributed by atoms with van der Waals surface area (Å²) in [4.78, 5) is 11.9. The quantitative estimate of drug-likeness (QED) is 0.659. The third-order valence-corrected chi connectivity index (χ3v) is 3.14. The zero-order valence-electron chi connectivity index (χ0n) is 10.3. The highest BCUT2D eigenvalue weighted by Crippen LogP contribution is 2.25. The van der Waals surface area contributed by atoms with E-state index >= 15 is 0 Å². The van der Waals surface area contributed by atoms with Gasteiger partial charge in [-0.05, 0) is 36.1 Å². The SMILES string of the molecule is Cc1ccccc1-c1cc2ccc(F)cc2c(=O)o1. The molecule has 0 aliphatic carbocycles. The molecular weight excluding hydrogens is 243 g/mol. The van der Waals surface area contributed by atoms with Gasteiger partial charge < -0.3 is 4.42 Å². The van der Waals surface area contributed by atoms with Crippen LogP contribution in [0.2, 0.25) is 0 Å². The molecule has 1 heterocycles. The molecule has 0 fully saturated rings. The van der Waals surface area contributed by atoms with Gasteiger partial charge in [0.1, 0.15) is 11.6 Å². The van der Waals surface area contributed by atoms with Gasteiger partial charge in [-0.1, -0.05) is 30.3 Å². The number of hydrogen-bond donors (Lipinski definition) is 0. The fraction of sp³-hybridized carbons (Fsp3) is 0.0625. The van der Waals surface area contributed by atoms with E-state index in [-0.39, 0.29) is 5.39 Å². The van der Waals surface area contributed by atoms with Crippen LogP contribution >= 0.6 is 0 Å². The Morgan fingerprint density at radius 1 is 1.05 bits per heavy atom. The fourth-order valence-corrected chi connectivity index (χ4v) is 2.14. The monoisotopic (exact) mass is 254 g/mol. The molecule has 2 nitrogen and oxygen atoms in total. The van der Waals surface area contributed by atoms with Crippen molar-refractivity contribution in [3.05, 3.63) is 70.3 Å². The number of rotatable bonds is 1. The molecule has 0 aliphatic rings. The van der Waals surface area contributed by atoms with Gasteiger partial charge in [-0.2, -0.15) is 0 Å². The molecule has 0 amide bonds. The Kier molecular flexibility index (Phi) is 2.67. The van der Waals surface area contributed by atoms with Crippen molar-refractivity contribution in [3.8, 4) is 11.3 Å². The highest BCUT2D eigenvalue weighted by molar-refractivity contribution is 5.84. The summed E-state index contributed by atoms with van der Waals surface area (Å²) in [6.07, 6.45) is 0. The van der Waals surface area contributed by atoms with Crippen LogP contribution in [0.5, 0.6) is 0 Å². The molecule has 0 saturated heterocycles. The number of halogens is 1. The van der Waals surface area contributed by atoms with Gasteiger partial charge in [-0.15, -0.1) is 0 Å². The second-order valence-electron chi connectivity index (χ2n) is 4.44. The zero-order valence-corrected chi connectivity index (χ0v) is 10.3. The number of benzene rings is 2. The van der Waals surface area contributed by atoms with Crippen LogP contribution in [0.1, 0.15) is 5.56 Å². The van der Waals surface area contributed by atoms with E-state index in [2.05, 4.69) is 0 Å². The van der Waals surface area contributed by atoms with Crippen molar-refractivity contribution < 1.29 is 8.81 Å². The maximum atomic E-state index is 13.1. The first kappa shape index (κ1) is 11.7. The molecule has 94 valence electrons. The average molecular weight is 254 g/mol. The van der Waals surface area contributed by atoms with Crippen LogP contribution in [-0.2, 0) is 0 Å². The lowest BCUT2D eigenvalue weighted by Crippen LogP contribution is -2.01. The summed E-state index contributed by atoms with van der Waals surface area (Å²) >= 11 is 0. The summed E-state index contributed by atoms with van der Waals surface area (Å²) in [7, 11) is 0. The highest BCUT2D eigenvalue weighted by atomic mass is 19.1. The minimum absolute atomic E-state index is 0.261. The zero-order chi connectivity index (χ0) is 13.4. The Balaban J connectivity index is 2.31. The topological polar surface area (TPSA) is 30.2 Å². The van der Waals surface area contributed by atoms with Gasteiger partial charge in [0.25, 0.3) is 0 Å². The summed E-state index contributed by atoms with van der Waals surface area (Å²) < 4.78 is 18.4. The molecule has 0 atom stereocenters. The molecule has 1 aromatic heterocycles. The van der Waals surface area contributed by atoms with Crippen LogP contribution in [-0.4, -0.2) is 0 Å². The maximum Gasteiger partial charge on any atom is 0.344 e. The van der Waals surface area contributed by atoms with Crippen molar-refractivity contribution in [2.75, 3.05) is 0 Å². The lowest BCUT2D eigenvalue weighted by Gasteiger charge is -2.05. The molecule has 0 radical (unpaired) electrons. The molecule has 0 aliphatic heterocycles. The lowest BCUT2D eigenvalue weighted by atomic mass is 10.0. The first-order valence-electron chi connectivity index (χ1n) is 5.94.